The van der Waals surface area contributed by atoms with Crippen molar-refractivity contribution < 1.29 is 9.53 Å². The van der Waals surface area contributed by atoms with Gasteiger partial charge >= 0.3 is 0 Å². The number of nitrogens with zero attached hydrogens (tertiary/aromatic N) is 1. The molecule has 1 rings (SSSR count). The van der Waals surface area contributed by atoms with Crippen molar-refractivity contribution in [3.63, 3.8) is 0 Å². The SMILES string of the molecule is COc1cc(C)c(Cl)cc1CN(C)C(=O)S. The van der Waals surface area contributed by atoms with Crippen LogP contribution in [0.5, 0.6) is 5.75 Å². The van der Waals surface area contributed by atoms with Crippen molar-refractivity contribution in [2.75, 3.05) is 14.2 Å². The van der Waals surface area contributed by atoms with Crippen LogP contribution in [-0.2, 0) is 6.54 Å². The molecule has 1 amide bonds. The number of benzene rings is 1. The number of carbonyl (C=O) groups is 1. The number of halogens is 1. The monoisotopic (exact) mass is 259 g/mol. The molecule has 3 nitrogen and oxygen atoms in total. The topological polar surface area (TPSA) is 29.5 Å². The Morgan fingerprint density at radius 2 is 2.19 bits per heavy atom. The summed E-state index contributed by atoms with van der Waals surface area (Å²) in [7, 11) is 3.26. The van der Waals surface area contributed by atoms with E-state index in [4.69, 9.17) is 16.3 Å². The highest BCUT2D eigenvalue weighted by Gasteiger charge is 2.11. The summed E-state index contributed by atoms with van der Waals surface area (Å²) in [6.07, 6.45) is 0. The third-order valence-electron chi connectivity index (χ3n) is 2.30. The van der Waals surface area contributed by atoms with Crippen LogP contribution in [0.2, 0.25) is 5.02 Å². The minimum Gasteiger partial charge on any atom is -0.496 e. The van der Waals surface area contributed by atoms with Gasteiger partial charge in [0.15, 0.2) is 0 Å². The van der Waals surface area contributed by atoms with Crippen LogP contribution in [-0.4, -0.2) is 24.3 Å². The quantitative estimate of drug-likeness (QED) is 0.845. The summed E-state index contributed by atoms with van der Waals surface area (Å²) in [5.41, 5.74) is 1.81. The van der Waals surface area contributed by atoms with Gasteiger partial charge in [-0.15, -0.1) is 0 Å². The summed E-state index contributed by atoms with van der Waals surface area (Å²) in [4.78, 5) is 12.5. The Kier molecular flexibility index (Phi) is 4.50. The Morgan fingerprint density at radius 3 is 2.69 bits per heavy atom. The van der Waals surface area contributed by atoms with E-state index < -0.39 is 0 Å². The fraction of sp³-hybridized carbons (Fsp3) is 0.364. The van der Waals surface area contributed by atoms with E-state index in [1.165, 1.54) is 4.90 Å². The van der Waals surface area contributed by atoms with Crippen molar-refractivity contribution in [2.45, 2.75) is 13.5 Å². The van der Waals surface area contributed by atoms with Crippen molar-refractivity contribution >= 4 is 29.5 Å². The van der Waals surface area contributed by atoms with Crippen molar-refractivity contribution in [1.82, 2.24) is 4.90 Å². The lowest BCUT2D eigenvalue weighted by molar-refractivity contribution is 0.231. The third-order valence-corrected chi connectivity index (χ3v) is 3.04. The number of ether oxygens (including phenoxy) is 1. The van der Waals surface area contributed by atoms with Crippen LogP contribution in [0.4, 0.5) is 4.79 Å². The van der Waals surface area contributed by atoms with Crippen LogP contribution in [0.3, 0.4) is 0 Å². The largest absolute Gasteiger partial charge is 0.496 e. The van der Waals surface area contributed by atoms with E-state index in [1.54, 1.807) is 14.2 Å². The summed E-state index contributed by atoms with van der Waals surface area (Å²) in [5, 5.41) is 0.370. The zero-order valence-corrected chi connectivity index (χ0v) is 11.1. The van der Waals surface area contributed by atoms with Gasteiger partial charge in [-0.05, 0) is 24.6 Å². The standard InChI is InChI=1S/C11H14ClNO2S/c1-7-4-10(15-3)8(5-9(7)12)6-13(2)11(14)16/h4-5H,6H2,1-3H3,(H,14,16). The fourth-order valence-electron chi connectivity index (χ4n) is 1.33. The van der Waals surface area contributed by atoms with Crippen LogP contribution >= 0.6 is 24.2 Å². The van der Waals surface area contributed by atoms with Gasteiger partial charge in [0.2, 0.25) is 0 Å². The van der Waals surface area contributed by atoms with Gasteiger partial charge in [0, 0.05) is 24.2 Å². The molecule has 0 aliphatic rings. The minimum atomic E-state index is -0.293. The molecular formula is C11H14ClNO2S. The summed E-state index contributed by atoms with van der Waals surface area (Å²) >= 11 is 9.77. The highest BCUT2D eigenvalue weighted by Crippen LogP contribution is 2.27. The number of hydrogen-bond acceptors (Lipinski definition) is 2. The van der Waals surface area contributed by atoms with Gasteiger partial charge < -0.3 is 9.64 Å². The Morgan fingerprint density at radius 1 is 1.56 bits per heavy atom. The van der Waals surface area contributed by atoms with E-state index in [2.05, 4.69) is 12.6 Å². The zero-order valence-electron chi connectivity index (χ0n) is 9.45. The molecule has 1 aromatic carbocycles. The molecule has 16 heavy (non-hydrogen) atoms. The van der Waals surface area contributed by atoms with Gasteiger partial charge in [0.1, 0.15) is 5.75 Å². The lowest BCUT2D eigenvalue weighted by atomic mass is 10.1. The molecule has 0 saturated heterocycles. The summed E-state index contributed by atoms with van der Waals surface area (Å²) in [5.74, 6) is 0.725. The molecule has 0 unspecified atom stereocenters. The highest BCUT2D eigenvalue weighted by atomic mass is 35.5. The van der Waals surface area contributed by atoms with E-state index in [9.17, 15) is 4.79 Å². The van der Waals surface area contributed by atoms with Crippen molar-refractivity contribution in [2.24, 2.45) is 0 Å². The Bertz CT molecular complexity index is 409. The zero-order chi connectivity index (χ0) is 12.3. The second-order valence-corrected chi connectivity index (χ2v) is 4.34. The maximum absolute atomic E-state index is 11.0. The van der Waals surface area contributed by atoms with Crippen LogP contribution in [0.1, 0.15) is 11.1 Å². The van der Waals surface area contributed by atoms with Crippen LogP contribution in [0, 0.1) is 6.92 Å². The molecule has 0 saturated carbocycles. The maximum Gasteiger partial charge on any atom is 0.278 e. The second-order valence-electron chi connectivity index (χ2n) is 3.55. The normalized spacial score (nSPS) is 10.1. The molecular weight excluding hydrogens is 246 g/mol. The van der Waals surface area contributed by atoms with Crippen molar-refractivity contribution in [3.05, 3.63) is 28.3 Å². The van der Waals surface area contributed by atoms with Gasteiger partial charge in [-0.2, -0.15) is 0 Å². The number of rotatable bonds is 3. The molecule has 0 N–H and O–H groups in total. The molecule has 0 aliphatic heterocycles. The first-order valence-corrected chi connectivity index (χ1v) is 5.55. The van der Waals surface area contributed by atoms with Crippen molar-refractivity contribution in [3.8, 4) is 5.75 Å². The molecule has 5 heteroatoms. The van der Waals surface area contributed by atoms with Gasteiger partial charge in [-0.3, -0.25) is 4.79 Å². The molecule has 0 heterocycles. The third kappa shape index (κ3) is 3.06. The molecule has 0 radical (unpaired) electrons. The van der Waals surface area contributed by atoms with Gasteiger partial charge in [0.05, 0.1) is 7.11 Å². The predicted molar refractivity (Wildman–Crippen MR) is 68.6 cm³/mol. The average molecular weight is 260 g/mol. The highest BCUT2D eigenvalue weighted by molar-refractivity contribution is 7.96. The number of methoxy groups -OCH3 is 1. The van der Waals surface area contributed by atoms with Gasteiger partial charge in [-0.25, -0.2) is 0 Å². The summed E-state index contributed by atoms with van der Waals surface area (Å²) in [6, 6.07) is 3.66. The minimum absolute atomic E-state index is 0.293. The molecule has 0 atom stereocenters. The molecule has 0 spiro atoms. The van der Waals surface area contributed by atoms with E-state index in [-0.39, 0.29) is 5.24 Å². The Labute approximate surface area is 106 Å². The molecule has 0 aromatic heterocycles. The first kappa shape index (κ1) is 13.2. The lowest BCUT2D eigenvalue weighted by Gasteiger charge is -2.17. The molecule has 88 valence electrons. The Balaban J connectivity index is 3.03. The van der Waals surface area contributed by atoms with Crippen LogP contribution < -0.4 is 4.74 Å². The first-order valence-electron chi connectivity index (χ1n) is 4.72. The number of thiol groups is 1. The van der Waals surface area contributed by atoms with E-state index >= 15 is 0 Å². The Hall–Kier alpha value is -0.870. The van der Waals surface area contributed by atoms with Crippen LogP contribution in [0.15, 0.2) is 12.1 Å². The van der Waals surface area contributed by atoms with E-state index in [0.29, 0.717) is 11.6 Å². The second kappa shape index (κ2) is 5.46. The predicted octanol–water partition coefficient (Wildman–Crippen LogP) is 3.14. The molecule has 1 aromatic rings. The van der Waals surface area contributed by atoms with Crippen LogP contribution in [0.25, 0.3) is 0 Å². The number of carbonyl (C=O) groups excluding carboxylic acids is 1. The smallest absolute Gasteiger partial charge is 0.278 e. The lowest BCUT2D eigenvalue weighted by Crippen LogP contribution is -2.20. The number of hydrogen-bond donors (Lipinski definition) is 1. The number of aryl methyl sites for hydroxylation is 1. The maximum atomic E-state index is 11.0. The van der Waals surface area contributed by atoms with E-state index in [1.807, 2.05) is 19.1 Å². The molecule has 0 fully saturated rings. The first-order chi connectivity index (χ1) is 7.45. The molecule has 0 bridgehead atoms. The summed E-state index contributed by atoms with van der Waals surface area (Å²) < 4.78 is 5.24. The van der Waals surface area contributed by atoms with Gasteiger partial charge in [-0.1, -0.05) is 24.2 Å². The van der Waals surface area contributed by atoms with Crippen molar-refractivity contribution in [1.29, 1.82) is 0 Å². The number of amides is 1. The van der Waals surface area contributed by atoms with Gasteiger partial charge in [0.25, 0.3) is 5.24 Å². The van der Waals surface area contributed by atoms with E-state index in [0.717, 1.165) is 16.9 Å². The fourth-order valence-corrected chi connectivity index (χ4v) is 1.59. The average Bonchev–Trinajstić information content (AvgIpc) is 2.22. The summed E-state index contributed by atoms with van der Waals surface area (Å²) in [6.45, 7) is 2.33. The molecule has 0 aliphatic carbocycles.